The van der Waals surface area contributed by atoms with E-state index in [1.807, 2.05) is 0 Å². The van der Waals surface area contributed by atoms with E-state index in [4.69, 9.17) is 49.8 Å². The van der Waals surface area contributed by atoms with Crippen LogP contribution >= 0.6 is 23.2 Å². The van der Waals surface area contributed by atoms with Crippen molar-refractivity contribution in [3.05, 3.63) is 69.2 Å². The van der Waals surface area contributed by atoms with Gasteiger partial charge in [0.2, 0.25) is 11.9 Å². The Morgan fingerprint density at radius 2 is 1.71 bits per heavy atom. The lowest BCUT2D eigenvalue weighted by Crippen LogP contribution is -2.40. The van der Waals surface area contributed by atoms with Crippen LogP contribution in [-0.4, -0.2) is 36.1 Å². The molecule has 0 bridgehead atoms. The van der Waals surface area contributed by atoms with Crippen LogP contribution in [-0.2, 0) is 21.0 Å². The van der Waals surface area contributed by atoms with E-state index < -0.39 is 17.9 Å². The molecule has 2 rings (SSSR count). The lowest BCUT2D eigenvalue weighted by Gasteiger charge is -2.17. The average Bonchev–Trinajstić information content (AvgIpc) is 2.73. The SMILES string of the molecule is COC(=O)c1ccc(CONC(N)=NN(OC(=O)c2c(Cl)cccc2Cl)C(=N)N)cc1. The fraction of sp³-hybridized carbons (Fsp3) is 0.111. The van der Waals surface area contributed by atoms with Crippen LogP contribution < -0.4 is 16.9 Å². The van der Waals surface area contributed by atoms with Crippen LogP contribution in [0.25, 0.3) is 0 Å². The van der Waals surface area contributed by atoms with Crippen LogP contribution in [0.3, 0.4) is 0 Å². The zero-order valence-electron chi connectivity index (χ0n) is 16.1. The van der Waals surface area contributed by atoms with Crippen molar-refractivity contribution in [2.24, 2.45) is 16.6 Å². The average molecular weight is 469 g/mol. The maximum Gasteiger partial charge on any atom is 0.368 e. The third kappa shape index (κ3) is 6.74. The number of carbonyl (C=O) groups excluding carboxylic acids is 2. The molecule has 0 fully saturated rings. The highest BCUT2D eigenvalue weighted by Crippen LogP contribution is 2.25. The highest BCUT2D eigenvalue weighted by molar-refractivity contribution is 6.39. The molecule has 0 aliphatic heterocycles. The van der Waals surface area contributed by atoms with Crippen molar-refractivity contribution < 1.29 is 24.0 Å². The third-order valence-electron chi connectivity index (χ3n) is 3.53. The molecule has 0 unspecified atom stereocenters. The monoisotopic (exact) mass is 468 g/mol. The topological polar surface area (TPSA) is 165 Å². The molecule has 0 atom stereocenters. The number of methoxy groups -OCH3 is 1. The number of guanidine groups is 2. The van der Waals surface area contributed by atoms with Gasteiger partial charge in [-0.05, 0) is 35.0 Å². The molecule has 6 N–H and O–H groups in total. The number of hydrogen-bond donors (Lipinski definition) is 4. The number of hydrazone groups is 1. The number of hydrogen-bond acceptors (Lipinski definition) is 7. The Labute approximate surface area is 186 Å². The molecule has 31 heavy (non-hydrogen) atoms. The van der Waals surface area contributed by atoms with Crippen LogP contribution in [0.4, 0.5) is 0 Å². The van der Waals surface area contributed by atoms with Gasteiger partial charge >= 0.3 is 11.9 Å². The van der Waals surface area contributed by atoms with Crippen molar-refractivity contribution in [2.75, 3.05) is 7.11 Å². The van der Waals surface area contributed by atoms with E-state index in [9.17, 15) is 9.59 Å². The molecule has 164 valence electrons. The quantitative estimate of drug-likeness (QED) is 0.214. The molecule has 0 radical (unpaired) electrons. The Kier molecular flexibility index (Phi) is 8.43. The highest BCUT2D eigenvalue weighted by atomic mass is 35.5. The molecule has 2 aromatic carbocycles. The molecule has 0 aliphatic rings. The fourth-order valence-electron chi connectivity index (χ4n) is 2.11. The maximum atomic E-state index is 12.3. The summed E-state index contributed by atoms with van der Waals surface area (Å²) in [4.78, 5) is 33.8. The molecule has 0 aliphatic carbocycles. The first-order chi connectivity index (χ1) is 14.7. The van der Waals surface area contributed by atoms with E-state index in [-0.39, 0.29) is 28.2 Å². The van der Waals surface area contributed by atoms with Gasteiger partial charge in [-0.15, -0.1) is 0 Å². The number of ether oxygens (including phenoxy) is 1. The molecular weight excluding hydrogens is 451 g/mol. The molecule has 0 heterocycles. The lowest BCUT2D eigenvalue weighted by molar-refractivity contribution is -0.0576. The highest BCUT2D eigenvalue weighted by Gasteiger charge is 2.21. The molecule has 11 nitrogen and oxygen atoms in total. The molecule has 0 spiro atoms. The molecule has 13 heteroatoms. The van der Waals surface area contributed by atoms with Crippen LogP contribution in [0.1, 0.15) is 26.3 Å². The molecule has 0 aromatic heterocycles. The first kappa shape index (κ1) is 23.7. The molecule has 0 saturated carbocycles. The van der Waals surface area contributed by atoms with Gasteiger partial charge in [-0.3, -0.25) is 10.2 Å². The molecular formula is C18H18Cl2N6O5. The Morgan fingerprint density at radius 1 is 1.10 bits per heavy atom. The number of nitrogens with two attached hydrogens (primary N) is 2. The zero-order valence-corrected chi connectivity index (χ0v) is 17.6. The van der Waals surface area contributed by atoms with E-state index in [2.05, 4.69) is 15.3 Å². The Hall–Kier alpha value is -3.54. The van der Waals surface area contributed by atoms with Crippen molar-refractivity contribution in [2.45, 2.75) is 6.61 Å². The van der Waals surface area contributed by atoms with Gasteiger partial charge < -0.3 is 21.0 Å². The number of rotatable bonds is 6. The second-order valence-corrected chi connectivity index (χ2v) is 6.51. The van der Waals surface area contributed by atoms with Crippen molar-refractivity contribution in [1.29, 1.82) is 5.41 Å². The molecule has 0 saturated heterocycles. The summed E-state index contributed by atoms with van der Waals surface area (Å²) >= 11 is 11.9. The van der Waals surface area contributed by atoms with Crippen LogP contribution in [0.5, 0.6) is 0 Å². The number of carbonyl (C=O) groups is 2. The summed E-state index contributed by atoms with van der Waals surface area (Å²) in [5.74, 6) is -2.59. The Balaban J connectivity index is 1.96. The van der Waals surface area contributed by atoms with E-state index in [0.29, 0.717) is 16.3 Å². The van der Waals surface area contributed by atoms with Crippen molar-refractivity contribution in [1.82, 2.24) is 10.7 Å². The van der Waals surface area contributed by atoms with Crippen LogP contribution in [0.2, 0.25) is 10.0 Å². The van der Waals surface area contributed by atoms with E-state index in [0.717, 1.165) is 0 Å². The number of esters is 1. The Morgan fingerprint density at radius 3 is 2.26 bits per heavy atom. The van der Waals surface area contributed by atoms with Gasteiger partial charge in [0.05, 0.1) is 34.9 Å². The minimum Gasteiger partial charge on any atom is -0.465 e. The van der Waals surface area contributed by atoms with Gasteiger partial charge in [-0.25, -0.2) is 15.1 Å². The minimum atomic E-state index is -1.01. The first-order valence-corrected chi connectivity index (χ1v) is 9.18. The standard InChI is InChI=1S/C18H18Cl2N6O5/c1-29-15(27)11-7-5-10(6-8-11)9-30-25-18(23)24-26(17(21)22)31-16(28)14-12(19)3-2-4-13(14)20/h2-8H,9H2,1H3,(H3,21,22)(H3,23,24,25). The minimum absolute atomic E-state index is 0.0395. The molecule has 0 amide bonds. The number of benzene rings is 2. The first-order valence-electron chi connectivity index (χ1n) is 8.42. The van der Waals surface area contributed by atoms with E-state index in [1.165, 1.54) is 19.2 Å². The third-order valence-corrected chi connectivity index (χ3v) is 4.16. The van der Waals surface area contributed by atoms with E-state index in [1.54, 1.807) is 30.3 Å². The summed E-state index contributed by atoms with van der Waals surface area (Å²) in [6.07, 6.45) is 0. The Bertz CT molecular complexity index is 979. The number of nitrogens with zero attached hydrogens (tertiary/aromatic N) is 2. The second-order valence-electron chi connectivity index (χ2n) is 5.70. The van der Waals surface area contributed by atoms with Crippen molar-refractivity contribution >= 4 is 47.1 Å². The lowest BCUT2D eigenvalue weighted by atomic mass is 10.1. The summed E-state index contributed by atoms with van der Waals surface area (Å²) in [5, 5.41) is 11.6. The van der Waals surface area contributed by atoms with Crippen molar-refractivity contribution in [3.8, 4) is 0 Å². The maximum absolute atomic E-state index is 12.3. The number of hydroxylamine groups is 2. The predicted molar refractivity (Wildman–Crippen MR) is 113 cm³/mol. The van der Waals surface area contributed by atoms with Crippen molar-refractivity contribution in [3.63, 3.8) is 0 Å². The fourth-order valence-corrected chi connectivity index (χ4v) is 2.66. The van der Waals surface area contributed by atoms with Gasteiger partial charge in [-0.2, -0.15) is 0 Å². The summed E-state index contributed by atoms with van der Waals surface area (Å²) in [7, 11) is 1.29. The summed E-state index contributed by atoms with van der Waals surface area (Å²) < 4.78 is 4.62. The van der Waals surface area contributed by atoms with Crippen LogP contribution in [0.15, 0.2) is 47.6 Å². The predicted octanol–water partition coefficient (Wildman–Crippen LogP) is 2.00. The number of halogens is 2. The van der Waals surface area contributed by atoms with Gasteiger partial charge in [-0.1, -0.05) is 46.5 Å². The molecule has 2 aromatic rings. The largest absolute Gasteiger partial charge is 0.465 e. The number of nitrogens with one attached hydrogen (secondary N) is 2. The van der Waals surface area contributed by atoms with Gasteiger partial charge in [0.25, 0.3) is 0 Å². The summed E-state index contributed by atoms with van der Waals surface area (Å²) in [6, 6.07) is 10.9. The summed E-state index contributed by atoms with van der Waals surface area (Å²) in [5.41, 5.74) is 14.3. The smallest absolute Gasteiger partial charge is 0.368 e. The van der Waals surface area contributed by atoms with Gasteiger partial charge in [0.15, 0.2) is 0 Å². The normalized spacial score (nSPS) is 10.9. The second kappa shape index (κ2) is 11.0. The zero-order chi connectivity index (χ0) is 23.0. The van der Waals surface area contributed by atoms with Gasteiger partial charge in [0.1, 0.15) is 0 Å². The van der Waals surface area contributed by atoms with Gasteiger partial charge in [0, 0.05) is 0 Å². The summed E-state index contributed by atoms with van der Waals surface area (Å²) in [6.45, 7) is 0.0484. The van der Waals surface area contributed by atoms with E-state index >= 15 is 0 Å². The van der Waals surface area contributed by atoms with Crippen LogP contribution in [0, 0.1) is 5.41 Å².